The predicted molar refractivity (Wildman–Crippen MR) is 90.0 cm³/mol. The molecule has 0 amide bonds. The van der Waals surface area contributed by atoms with Crippen molar-refractivity contribution >= 4 is 27.7 Å². The average Bonchev–Trinajstić information content (AvgIpc) is 2.37. The van der Waals surface area contributed by atoms with E-state index >= 15 is 0 Å². The molecular formula is C16H31BrS. The highest BCUT2D eigenvalue weighted by molar-refractivity contribution is 9.09. The summed E-state index contributed by atoms with van der Waals surface area (Å²) in [6.07, 6.45) is 16.0. The molecule has 1 aliphatic carbocycles. The van der Waals surface area contributed by atoms with Crippen LogP contribution in [0.4, 0.5) is 0 Å². The highest BCUT2D eigenvalue weighted by atomic mass is 79.9. The zero-order valence-corrected chi connectivity index (χ0v) is 14.5. The van der Waals surface area contributed by atoms with Crippen LogP contribution in [0.3, 0.4) is 0 Å². The second kappa shape index (κ2) is 11.6. The first-order valence-corrected chi connectivity index (χ1v) is 10.2. The molecule has 0 aromatic heterocycles. The van der Waals surface area contributed by atoms with E-state index in [1.807, 2.05) is 0 Å². The van der Waals surface area contributed by atoms with Gasteiger partial charge in [-0.15, -0.1) is 0 Å². The number of hydrogen-bond donors (Lipinski definition) is 0. The Balaban J connectivity index is 1.80. The quantitative estimate of drug-likeness (QED) is 0.328. The molecule has 0 radical (unpaired) electrons. The van der Waals surface area contributed by atoms with Gasteiger partial charge >= 0.3 is 0 Å². The summed E-state index contributed by atoms with van der Waals surface area (Å²) in [7, 11) is 0. The van der Waals surface area contributed by atoms with E-state index in [2.05, 4.69) is 34.6 Å². The van der Waals surface area contributed by atoms with Gasteiger partial charge < -0.3 is 0 Å². The molecule has 1 fully saturated rings. The monoisotopic (exact) mass is 334 g/mol. The van der Waals surface area contributed by atoms with Gasteiger partial charge in [0.2, 0.25) is 0 Å². The van der Waals surface area contributed by atoms with Crippen LogP contribution >= 0.6 is 27.7 Å². The van der Waals surface area contributed by atoms with Crippen LogP contribution < -0.4 is 0 Å². The molecule has 2 atom stereocenters. The molecule has 2 unspecified atom stereocenters. The van der Waals surface area contributed by atoms with Crippen LogP contribution in [-0.4, -0.2) is 16.3 Å². The number of hydrogen-bond acceptors (Lipinski definition) is 1. The van der Waals surface area contributed by atoms with Crippen LogP contribution in [0.5, 0.6) is 0 Å². The summed E-state index contributed by atoms with van der Waals surface area (Å²) in [4.78, 5) is 0. The number of thioether (sulfide) groups is 1. The van der Waals surface area contributed by atoms with Crippen molar-refractivity contribution in [1.29, 1.82) is 0 Å². The van der Waals surface area contributed by atoms with Crippen molar-refractivity contribution in [2.45, 2.75) is 82.8 Å². The Morgan fingerprint density at radius 1 is 0.944 bits per heavy atom. The van der Waals surface area contributed by atoms with E-state index in [1.54, 1.807) is 0 Å². The first-order chi connectivity index (χ1) is 8.83. The summed E-state index contributed by atoms with van der Waals surface area (Å²) >= 11 is 5.76. The topological polar surface area (TPSA) is 0 Å². The lowest BCUT2D eigenvalue weighted by molar-refractivity contribution is 0.394. The highest BCUT2D eigenvalue weighted by Gasteiger charge is 2.18. The van der Waals surface area contributed by atoms with Crippen LogP contribution in [0.2, 0.25) is 0 Å². The minimum atomic E-state index is 0.991. The van der Waals surface area contributed by atoms with Gasteiger partial charge in [-0.25, -0.2) is 0 Å². The summed E-state index contributed by atoms with van der Waals surface area (Å²) in [6, 6.07) is 0. The summed E-state index contributed by atoms with van der Waals surface area (Å²) < 4.78 is 0. The van der Waals surface area contributed by atoms with Gasteiger partial charge in [0.25, 0.3) is 0 Å². The first-order valence-electron chi connectivity index (χ1n) is 8.00. The maximum Gasteiger partial charge on any atom is 0.00495 e. The van der Waals surface area contributed by atoms with Crippen LogP contribution in [0.1, 0.15) is 77.6 Å². The molecule has 0 heterocycles. The lowest BCUT2D eigenvalue weighted by Gasteiger charge is -2.26. The van der Waals surface area contributed by atoms with E-state index < -0.39 is 0 Å². The largest absolute Gasteiger partial charge is 0.159 e. The van der Waals surface area contributed by atoms with Crippen molar-refractivity contribution in [3.05, 3.63) is 0 Å². The number of alkyl halides is 1. The van der Waals surface area contributed by atoms with Gasteiger partial charge in [0.05, 0.1) is 0 Å². The van der Waals surface area contributed by atoms with Crippen LogP contribution in [0.15, 0.2) is 0 Å². The molecule has 18 heavy (non-hydrogen) atoms. The molecule has 1 saturated carbocycles. The van der Waals surface area contributed by atoms with E-state index in [4.69, 9.17) is 0 Å². The predicted octanol–water partition coefficient (Wildman–Crippen LogP) is 6.42. The fourth-order valence-corrected chi connectivity index (χ4v) is 4.76. The standard InChI is InChI=1S/C16H31BrS/c1-15-10-9-11-16(14-15)18-13-8-6-4-2-3-5-7-12-17/h15-16H,2-14H2,1H3. The Bertz CT molecular complexity index is 184. The minimum Gasteiger partial charge on any atom is -0.159 e. The Kier molecular flexibility index (Phi) is 10.9. The molecular weight excluding hydrogens is 304 g/mol. The van der Waals surface area contributed by atoms with Crippen molar-refractivity contribution in [2.75, 3.05) is 11.1 Å². The maximum absolute atomic E-state index is 3.49. The normalized spacial score (nSPS) is 24.3. The Labute approximate surface area is 127 Å². The SMILES string of the molecule is CC1CCCC(SCCCCCCCCCBr)C1. The summed E-state index contributed by atoms with van der Waals surface area (Å²) in [5.41, 5.74) is 0. The Hall–Kier alpha value is 0.830. The van der Waals surface area contributed by atoms with Crippen LogP contribution in [0, 0.1) is 5.92 Å². The van der Waals surface area contributed by atoms with Gasteiger partial charge in [-0.05, 0) is 37.4 Å². The lowest BCUT2D eigenvalue weighted by Crippen LogP contribution is -2.15. The fourth-order valence-electron chi connectivity index (χ4n) is 2.86. The summed E-state index contributed by atoms with van der Waals surface area (Å²) in [5, 5.41) is 2.18. The second-order valence-electron chi connectivity index (χ2n) is 5.93. The molecule has 0 aromatic rings. The Morgan fingerprint density at radius 2 is 1.61 bits per heavy atom. The molecule has 0 aromatic carbocycles. The number of rotatable bonds is 10. The summed E-state index contributed by atoms with van der Waals surface area (Å²) in [6.45, 7) is 2.43. The first kappa shape index (κ1) is 16.9. The van der Waals surface area contributed by atoms with Crippen molar-refractivity contribution in [3.8, 4) is 0 Å². The van der Waals surface area contributed by atoms with Gasteiger partial charge in [0, 0.05) is 10.6 Å². The molecule has 0 spiro atoms. The van der Waals surface area contributed by atoms with E-state index in [0.717, 1.165) is 11.2 Å². The lowest BCUT2D eigenvalue weighted by atomic mass is 9.91. The molecule has 0 nitrogen and oxygen atoms in total. The molecule has 1 aliphatic rings. The van der Waals surface area contributed by atoms with Gasteiger partial charge in [0.15, 0.2) is 0 Å². The van der Waals surface area contributed by atoms with Crippen molar-refractivity contribution in [2.24, 2.45) is 5.92 Å². The van der Waals surface area contributed by atoms with Crippen LogP contribution in [0.25, 0.3) is 0 Å². The smallest absolute Gasteiger partial charge is 0.00495 e. The average molecular weight is 335 g/mol. The molecule has 0 aliphatic heterocycles. The molecule has 0 N–H and O–H groups in total. The Morgan fingerprint density at radius 3 is 2.28 bits per heavy atom. The van der Waals surface area contributed by atoms with Gasteiger partial charge in [-0.2, -0.15) is 11.8 Å². The molecule has 0 saturated heterocycles. The van der Waals surface area contributed by atoms with Crippen LogP contribution in [-0.2, 0) is 0 Å². The highest BCUT2D eigenvalue weighted by Crippen LogP contribution is 2.32. The molecule has 2 heteroatoms. The fraction of sp³-hybridized carbons (Fsp3) is 1.00. The zero-order valence-electron chi connectivity index (χ0n) is 12.1. The number of halogens is 1. The molecule has 108 valence electrons. The van der Waals surface area contributed by atoms with E-state index in [0.29, 0.717) is 0 Å². The van der Waals surface area contributed by atoms with E-state index in [9.17, 15) is 0 Å². The van der Waals surface area contributed by atoms with Crippen molar-refractivity contribution < 1.29 is 0 Å². The van der Waals surface area contributed by atoms with E-state index in [-0.39, 0.29) is 0 Å². The maximum atomic E-state index is 3.49. The summed E-state index contributed by atoms with van der Waals surface area (Å²) in [5.74, 6) is 2.41. The number of unbranched alkanes of at least 4 members (excludes halogenated alkanes) is 6. The van der Waals surface area contributed by atoms with Crippen molar-refractivity contribution in [1.82, 2.24) is 0 Å². The third kappa shape index (κ3) is 8.85. The van der Waals surface area contributed by atoms with Gasteiger partial charge in [-0.3, -0.25) is 0 Å². The second-order valence-corrected chi connectivity index (χ2v) is 8.13. The van der Waals surface area contributed by atoms with Crippen molar-refractivity contribution in [3.63, 3.8) is 0 Å². The third-order valence-corrected chi connectivity index (χ3v) is 6.00. The van der Waals surface area contributed by atoms with Gasteiger partial charge in [0.1, 0.15) is 0 Å². The zero-order chi connectivity index (χ0) is 13.1. The molecule has 1 rings (SSSR count). The minimum absolute atomic E-state index is 0.991. The molecule has 0 bridgehead atoms. The van der Waals surface area contributed by atoms with E-state index in [1.165, 1.54) is 81.7 Å². The third-order valence-electron chi connectivity index (χ3n) is 4.02. The van der Waals surface area contributed by atoms with Gasteiger partial charge in [-0.1, -0.05) is 67.8 Å².